The van der Waals surface area contributed by atoms with E-state index in [2.05, 4.69) is 19.9 Å². The maximum absolute atomic E-state index is 10.2. The van der Waals surface area contributed by atoms with Crippen molar-refractivity contribution < 1.29 is 10.2 Å². The highest BCUT2D eigenvalue weighted by Crippen LogP contribution is 2.57. The standard InChI is InChI=1S/C15H26O2/c1-11(5-4-10-16)12-7-8-13-14(17)6-3-9-15(12,13)2/h4-5,11-14,16-17H,3,6-10H2,1-2H3/b5-4+/t11-,12?,13+,14?,15?/m1/s1. The lowest BCUT2D eigenvalue weighted by Gasteiger charge is -2.44. The van der Waals surface area contributed by atoms with E-state index in [0.29, 0.717) is 23.2 Å². The predicted molar refractivity (Wildman–Crippen MR) is 69.6 cm³/mol. The van der Waals surface area contributed by atoms with Crippen molar-refractivity contribution in [2.45, 2.75) is 52.1 Å². The quantitative estimate of drug-likeness (QED) is 0.742. The first-order chi connectivity index (χ1) is 8.09. The molecule has 0 amide bonds. The SMILES string of the molecule is C[C@H](/C=C/CO)C1CC[C@H]2C(O)CCCC12C. The molecule has 0 bridgehead atoms. The molecule has 3 unspecified atom stereocenters. The number of aliphatic hydroxyl groups is 2. The molecule has 0 saturated heterocycles. The van der Waals surface area contributed by atoms with E-state index in [0.717, 1.165) is 6.42 Å². The van der Waals surface area contributed by atoms with Crippen LogP contribution in [0.15, 0.2) is 12.2 Å². The highest BCUT2D eigenvalue weighted by Gasteiger charge is 2.51. The lowest BCUT2D eigenvalue weighted by atomic mass is 9.62. The molecule has 0 aromatic carbocycles. The molecule has 2 fully saturated rings. The number of allylic oxidation sites excluding steroid dienone is 1. The summed E-state index contributed by atoms with van der Waals surface area (Å²) in [6.07, 6.45) is 9.77. The Bertz CT molecular complexity index is 287. The van der Waals surface area contributed by atoms with Crippen LogP contribution < -0.4 is 0 Å². The highest BCUT2D eigenvalue weighted by atomic mass is 16.3. The minimum atomic E-state index is -0.0761. The van der Waals surface area contributed by atoms with Crippen molar-refractivity contribution in [3.05, 3.63) is 12.2 Å². The molecule has 0 aromatic heterocycles. The number of fused-ring (bicyclic) bond motifs is 1. The lowest BCUT2D eigenvalue weighted by molar-refractivity contribution is -0.0231. The van der Waals surface area contributed by atoms with Crippen molar-refractivity contribution in [1.29, 1.82) is 0 Å². The van der Waals surface area contributed by atoms with Gasteiger partial charge in [-0.1, -0.05) is 32.4 Å². The summed E-state index contributed by atoms with van der Waals surface area (Å²) >= 11 is 0. The van der Waals surface area contributed by atoms with Crippen LogP contribution in [0.1, 0.15) is 46.0 Å². The lowest BCUT2D eigenvalue weighted by Crippen LogP contribution is -2.41. The molecule has 2 rings (SSSR count). The maximum Gasteiger partial charge on any atom is 0.0612 e. The summed E-state index contributed by atoms with van der Waals surface area (Å²) in [5.74, 6) is 1.69. The zero-order valence-corrected chi connectivity index (χ0v) is 11.1. The maximum atomic E-state index is 10.2. The van der Waals surface area contributed by atoms with Crippen molar-refractivity contribution in [1.82, 2.24) is 0 Å². The minimum Gasteiger partial charge on any atom is -0.393 e. The molecule has 2 nitrogen and oxygen atoms in total. The van der Waals surface area contributed by atoms with E-state index in [-0.39, 0.29) is 12.7 Å². The van der Waals surface area contributed by atoms with Gasteiger partial charge in [0.05, 0.1) is 12.7 Å². The van der Waals surface area contributed by atoms with Gasteiger partial charge in [0.15, 0.2) is 0 Å². The molecule has 2 heteroatoms. The number of hydrogen-bond donors (Lipinski definition) is 2. The summed E-state index contributed by atoms with van der Waals surface area (Å²) in [5, 5.41) is 19.0. The molecule has 17 heavy (non-hydrogen) atoms. The molecule has 98 valence electrons. The molecular weight excluding hydrogens is 212 g/mol. The van der Waals surface area contributed by atoms with Gasteiger partial charge in [-0.15, -0.1) is 0 Å². The van der Waals surface area contributed by atoms with Gasteiger partial charge in [0, 0.05) is 0 Å². The summed E-state index contributed by atoms with van der Waals surface area (Å²) in [7, 11) is 0. The average Bonchev–Trinajstić information content (AvgIpc) is 2.64. The van der Waals surface area contributed by atoms with Crippen molar-refractivity contribution in [2.75, 3.05) is 6.61 Å². The summed E-state index contributed by atoms with van der Waals surface area (Å²) in [5.41, 5.74) is 0.316. The first-order valence-corrected chi connectivity index (χ1v) is 7.05. The van der Waals surface area contributed by atoms with Crippen molar-refractivity contribution >= 4 is 0 Å². The molecule has 0 spiro atoms. The minimum absolute atomic E-state index is 0.0761. The van der Waals surface area contributed by atoms with Crippen molar-refractivity contribution in [3.63, 3.8) is 0 Å². The fourth-order valence-electron chi connectivity index (χ4n) is 4.46. The fourth-order valence-corrected chi connectivity index (χ4v) is 4.46. The number of hydrogen-bond acceptors (Lipinski definition) is 2. The third-order valence-electron chi connectivity index (χ3n) is 5.34. The molecule has 2 saturated carbocycles. The van der Waals surface area contributed by atoms with E-state index >= 15 is 0 Å². The van der Waals surface area contributed by atoms with Crippen LogP contribution >= 0.6 is 0 Å². The third kappa shape index (κ3) is 2.30. The molecule has 2 aliphatic carbocycles. The first kappa shape index (κ1) is 13.1. The van der Waals surface area contributed by atoms with E-state index in [1.165, 1.54) is 25.7 Å². The second-order valence-electron chi connectivity index (χ2n) is 6.23. The summed E-state index contributed by atoms with van der Waals surface area (Å²) in [6.45, 7) is 4.77. The highest BCUT2D eigenvalue weighted by molar-refractivity contribution is 5.05. The van der Waals surface area contributed by atoms with Crippen LogP contribution in [0.25, 0.3) is 0 Å². The van der Waals surface area contributed by atoms with E-state index in [1.807, 2.05) is 6.08 Å². The van der Waals surface area contributed by atoms with E-state index < -0.39 is 0 Å². The monoisotopic (exact) mass is 238 g/mol. The van der Waals surface area contributed by atoms with Gasteiger partial charge in [-0.05, 0) is 48.9 Å². The van der Waals surface area contributed by atoms with Gasteiger partial charge in [0.1, 0.15) is 0 Å². The molecular formula is C15H26O2. The van der Waals surface area contributed by atoms with Crippen LogP contribution in [0, 0.1) is 23.2 Å². The Hall–Kier alpha value is -0.340. The zero-order valence-electron chi connectivity index (χ0n) is 11.1. The predicted octanol–water partition coefficient (Wildman–Crippen LogP) is 2.75. The smallest absolute Gasteiger partial charge is 0.0612 e. The Kier molecular flexibility index (Phi) is 3.94. The molecule has 0 heterocycles. The van der Waals surface area contributed by atoms with Gasteiger partial charge in [-0.3, -0.25) is 0 Å². The Morgan fingerprint density at radius 3 is 2.82 bits per heavy atom. The molecule has 2 N–H and O–H groups in total. The number of rotatable bonds is 3. The van der Waals surface area contributed by atoms with Crippen LogP contribution in [-0.4, -0.2) is 22.9 Å². The molecule has 5 atom stereocenters. The van der Waals surface area contributed by atoms with Gasteiger partial charge >= 0.3 is 0 Å². The third-order valence-corrected chi connectivity index (χ3v) is 5.34. The summed E-state index contributed by atoms with van der Waals surface area (Å²) < 4.78 is 0. The van der Waals surface area contributed by atoms with Gasteiger partial charge in [0.25, 0.3) is 0 Å². The van der Waals surface area contributed by atoms with Gasteiger partial charge < -0.3 is 10.2 Å². The second kappa shape index (κ2) is 5.11. The number of aliphatic hydroxyl groups excluding tert-OH is 2. The largest absolute Gasteiger partial charge is 0.393 e. The van der Waals surface area contributed by atoms with Crippen molar-refractivity contribution in [2.24, 2.45) is 23.2 Å². The Morgan fingerprint density at radius 2 is 2.12 bits per heavy atom. The van der Waals surface area contributed by atoms with Crippen LogP contribution in [0.5, 0.6) is 0 Å². The molecule has 2 aliphatic rings. The molecule has 0 aromatic rings. The second-order valence-corrected chi connectivity index (χ2v) is 6.23. The Morgan fingerprint density at radius 1 is 1.35 bits per heavy atom. The summed E-state index contributed by atoms with van der Waals surface area (Å²) in [6, 6.07) is 0. The summed E-state index contributed by atoms with van der Waals surface area (Å²) in [4.78, 5) is 0. The van der Waals surface area contributed by atoms with Crippen LogP contribution in [0.2, 0.25) is 0 Å². The van der Waals surface area contributed by atoms with Crippen LogP contribution in [0.3, 0.4) is 0 Å². The first-order valence-electron chi connectivity index (χ1n) is 7.05. The van der Waals surface area contributed by atoms with Gasteiger partial charge in [0.2, 0.25) is 0 Å². The topological polar surface area (TPSA) is 40.5 Å². The van der Waals surface area contributed by atoms with E-state index in [1.54, 1.807) is 0 Å². The van der Waals surface area contributed by atoms with Gasteiger partial charge in [-0.25, -0.2) is 0 Å². The Labute approximate surface area is 105 Å². The van der Waals surface area contributed by atoms with E-state index in [4.69, 9.17) is 5.11 Å². The molecule has 0 aliphatic heterocycles. The van der Waals surface area contributed by atoms with Crippen molar-refractivity contribution in [3.8, 4) is 0 Å². The molecule has 0 radical (unpaired) electrons. The Balaban J connectivity index is 2.12. The van der Waals surface area contributed by atoms with Crippen LogP contribution in [-0.2, 0) is 0 Å². The zero-order chi connectivity index (χ0) is 12.5. The van der Waals surface area contributed by atoms with Gasteiger partial charge in [-0.2, -0.15) is 0 Å². The normalized spacial score (nSPS) is 43.9. The fraction of sp³-hybridized carbons (Fsp3) is 0.867. The average molecular weight is 238 g/mol. The van der Waals surface area contributed by atoms with Crippen LogP contribution in [0.4, 0.5) is 0 Å². The van der Waals surface area contributed by atoms with E-state index in [9.17, 15) is 5.11 Å².